The Balaban J connectivity index is 5.33. The fraction of sp³-hybridized carbons (Fsp3) is 0.852. The Bertz CT molecular complexity index is 2100. The predicted molar refractivity (Wildman–Crippen MR) is 409 cm³/mol. The lowest BCUT2D eigenvalue weighted by molar-refractivity contribution is -0.161. The zero-order valence-electron chi connectivity index (χ0n) is 64.3. The Labute approximate surface area is 610 Å². The minimum absolute atomic E-state index is 0.0833. The highest BCUT2D eigenvalue weighted by Gasteiger charge is 2.30. The first-order chi connectivity index (χ1) is 48.6. The maximum Gasteiger partial charge on any atom is 0.472 e. The van der Waals surface area contributed by atoms with Gasteiger partial charge in [0.05, 0.1) is 26.4 Å². The second-order valence-electron chi connectivity index (χ2n) is 28.0. The van der Waals surface area contributed by atoms with Crippen molar-refractivity contribution < 1.29 is 80.2 Å². The number of allylic oxidation sites excluding steroid dienone is 8. The van der Waals surface area contributed by atoms with Crippen molar-refractivity contribution in [3.63, 3.8) is 0 Å². The van der Waals surface area contributed by atoms with Crippen LogP contribution >= 0.6 is 15.6 Å². The third kappa shape index (κ3) is 72.0. The molecule has 0 fully saturated rings. The molecule has 0 aliphatic rings. The van der Waals surface area contributed by atoms with Crippen LogP contribution in [0.25, 0.3) is 0 Å². The third-order valence-corrected chi connectivity index (χ3v) is 20.0. The second kappa shape index (κ2) is 72.9. The van der Waals surface area contributed by atoms with Gasteiger partial charge >= 0.3 is 39.5 Å². The number of rotatable bonds is 77. The van der Waals surface area contributed by atoms with Crippen LogP contribution in [0.1, 0.15) is 381 Å². The number of carbonyl (C=O) groups excluding carboxylic acids is 4. The van der Waals surface area contributed by atoms with Gasteiger partial charge in [0.25, 0.3) is 0 Å². The quantitative estimate of drug-likeness (QED) is 0.0169. The molecule has 0 aromatic rings. The van der Waals surface area contributed by atoms with Crippen LogP contribution in [0.2, 0.25) is 0 Å². The fourth-order valence-corrected chi connectivity index (χ4v) is 13.1. The summed E-state index contributed by atoms with van der Waals surface area (Å²) >= 11 is 0. The molecule has 6 atom stereocenters. The minimum Gasteiger partial charge on any atom is -0.462 e. The van der Waals surface area contributed by atoms with Crippen molar-refractivity contribution in [2.45, 2.75) is 400 Å². The van der Waals surface area contributed by atoms with E-state index in [0.717, 1.165) is 128 Å². The van der Waals surface area contributed by atoms with E-state index in [2.05, 4.69) is 83.2 Å². The van der Waals surface area contributed by atoms with Gasteiger partial charge in [0.2, 0.25) is 0 Å². The van der Waals surface area contributed by atoms with Gasteiger partial charge in [-0.15, -0.1) is 0 Å². The summed E-state index contributed by atoms with van der Waals surface area (Å²) in [7, 11) is -9.94. The first-order valence-corrected chi connectivity index (χ1v) is 43.8. The second-order valence-corrected chi connectivity index (χ2v) is 30.9. The molecule has 0 heterocycles. The summed E-state index contributed by atoms with van der Waals surface area (Å²) in [5.74, 6) is -1.32. The zero-order chi connectivity index (χ0) is 73.4. The van der Waals surface area contributed by atoms with Gasteiger partial charge in [-0.05, 0) is 83.0 Å². The van der Waals surface area contributed by atoms with Crippen molar-refractivity contribution in [2.75, 3.05) is 39.6 Å². The highest BCUT2D eigenvalue weighted by molar-refractivity contribution is 7.47. The number of ether oxygens (including phenoxy) is 4. The smallest absolute Gasteiger partial charge is 0.462 e. The Hall–Kier alpha value is -2.98. The van der Waals surface area contributed by atoms with Gasteiger partial charge in [-0.2, -0.15) is 0 Å². The molecule has 0 rings (SSSR count). The van der Waals surface area contributed by atoms with Gasteiger partial charge in [-0.3, -0.25) is 37.3 Å². The molecule has 0 spiro atoms. The largest absolute Gasteiger partial charge is 0.472 e. The van der Waals surface area contributed by atoms with E-state index in [1.165, 1.54) is 173 Å². The molecule has 3 unspecified atom stereocenters. The average molecular weight is 1460 g/mol. The van der Waals surface area contributed by atoms with E-state index in [-0.39, 0.29) is 25.7 Å². The van der Waals surface area contributed by atoms with Gasteiger partial charge in [-0.1, -0.05) is 327 Å². The molecular weight excluding hydrogens is 1310 g/mol. The lowest BCUT2D eigenvalue weighted by Crippen LogP contribution is -2.30. The van der Waals surface area contributed by atoms with Crippen LogP contribution in [-0.2, 0) is 65.4 Å². The Morgan fingerprint density at radius 2 is 0.560 bits per heavy atom. The molecule has 19 heteroatoms. The predicted octanol–water partition coefficient (Wildman–Crippen LogP) is 23.5. The van der Waals surface area contributed by atoms with Crippen LogP contribution in [-0.4, -0.2) is 96.7 Å². The standard InChI is InChI=1S/C81H150O17P2/c1-6-10-13-16-19-22-25-28-30-35-40-45-50-55-60-65-79(84)92-71-77(98-81(86)67-62-57-52-47-42-37-33-32-34-38-43-48-53-58-63-74(5)9-4)73-96-100(89,90)94-69-75(82)68-93-99(87,88)95-72-76(70-91-78(83)64-59-54-49-44-39-27-24-21-18-15-12-8-3)97-80(85)66-61-56-51-46-41-36-31-29-26-23-20-17-14-11-7-2/h22-23,25-26,28-31,74-77,82H,6-21,24,27,32-73H2,1-5H3,(H,87,88)(H,89,90)/b25-22-,26-23-,30-28-,31-29-/t74?,75-,76+,77+/m0/s1. The SMILES string of the molecule is CCCCCC/C=C\C=C/CCCCCCCC(=O)OC[C@H](COP(=O)(O)OC[C@@H](O)COP(=O)(O)OC[C@@H](COC(=O)CCCCCCCCCCCCCC)OC(=O)CCCCCCC/C=C\C=C/CCCCCC)OC(=O)CCCCCCCCCCCCCCCCC(C)CC. The highest BCUT2D eigenvalue weighted by Crippen LogP contribution is 2.45. The minimum atomic E-state index is -4.97. The number of phosphoric ester groups is 2. The van der Waals surface area contributed by atoms with E-state index in [1.807, 2.05) is 0 Å². The van der Waals surface area contributed by atoms with Crippen molar-refractivity contribution in [2.24, 2.45) is 5.92 Å². The molecule has 0 aromatic carbocycles. The topological polar surface area (TPSA) is 237 Å². The number of carbonyl (C=O) groups is 4. The van der Waals surface area contributed by atoms with Crippen molar-refractivity contribution in [3.05, 3.63) is 48.6 Å². The molecule has 0 aromatic heterocycles. The Kier molecular flexibility index (Phi) is 70.8. The maximum atomic E-state index is 13.1. The monoisotopic (exact) mass is 1460 g/mol. The van der Waals surface area contributed by atoms with E-state index >= 15 is 0 Å². The molecule has 0 amide bonds. The van der Waals surface area contributed by atoms with Crippen molar-refractivity contribution >= 4 is 39.5 Å². The molecule has 586 valence electrons. The van der Waals surface area contributed by atoms with Crippen LogP contribution in [0, 0.1) is 5.92 Å². The molecule has 0 radical (unpaired) electrons. The zero-order valence-corrected chi connectivity index (χ0v) is 66.1. The summed E-state index contributed by atoms with van der Waals surface area (Å²) in [6.07, 6.45) is 69.4. The molecule has 0 aliphatic carbocycles. The lowest BCUT2D eigenvalue weighted by atomic mass is 9.99. The summed E-state index contributed by atoms with van der Waals surface area (Å²) in [5, 5.41) is 10.6. The maximum absolute atomic E-state index is 13.1. The van der Waals surface area contributed by atoms with Gasteiger partial charge in [0.1, 0.15) is 19.3 Å². The number of unbranched alkanes of at least 4 members (excludes halogenated alkanes) is 42. The van der Waals surface area contributed by atoms with Crippen molar-refractivity contribution in [1.82, 2.24) is 0 Å². The number of aliphatic hydroxyl groups excluding tert-OH is 1. The number of phosphoric acid groups is 2. The molecule has 17 nitrogen and oxygen atoms in total. The van der Waals surface area contributed by atoms with Crippen molar-refractivity contribution in [1.29, 1.82) is 0 Å². The van der Waals surface area contributed by atoms with Crippen LogP contribution < -0.4 is 0 Å². The van der Waals surface area contributed by atoms with Gasteiger partial charge < -0.3 is 33.8 Å². The van der Waals surface area contributed by atoms with E-state index in [1.54, 1.807) is 0 Å². The van der Waals surface area contributed by atoms with E-state index in [4.69, 9.17) is 37.0 Å². The van der Waals surface area contributed by atoms with Crippen LogP contribution in [0.3, 0.4) is 0 Å². The normalized spacial score (nSPS) is 14.4. The summed E-state index contributed by atoms with van der Waals surface area (Å²) < 4.78 is 68.6. The Morgan fingerprint density at radius 1 is 0.320 bits per heavy atom. The molecule has 3 N–H and O–H groups in total. The van der Waals surface area contributed by atoms with E-state index < -0.39 is 97.5 Å². The summed E-state index contributed by atoms with van der Waals surface area (Å²) in [5.41, 5.74) is 0. The fourth-order valence-electron chi connectivity index (χ4n) is 11.5. The van der Waals surface area contributed by atoms with Gasteiger partial charge in [-0.25, -0.2) is 9.13 Å². The Morgan fingerprint density at radius 3 is 0.850 bits per heavy atom. The summed E-state index contributed by atoms with van der Waals surface area (Å²) in [4.78, 5) is 73.0. The number of esters is 4. The number of aliphatic hydroxyl groups is 1. The summed E-state index contributed by atoms with van der Waals surface area (Å²) in [6, 6.07) is 0. The first-order valence-electron chi connectivity index (χ1n) is 40.8. The number of hydrogen-bond donors (Lipinski definition) is 3. The lowest BCUT2D eigenvalue weighted by Gasteiger charge is -2.21. The first kappa shape index (κ1) is 97.0. The summed E-state index contributed by atoms with van der Waals surface area (Å²) in [6.45, 7) is 7.25. The van der Waals surface area contributed by atoms with Crippen LogP contribution in [0.4, 0.5) is 0 Å². The van der Waals surface area contributed by atoms with Crippen molar-refractivity contribution in [3.8, 4) is 0 Å². The van der Waals surface area contributed by atoms with Crippen LogP contribution in [0.15, 0.2) is 48.6 Å². The molecule has 0 saturated carbocycles. The highest BCUT2D eigenvalue weighted by atomic mass is 31.2. The molecule has 0 bridgehead atoms. The van der Waals surface area contributed by atoms with E-state index in [0.29, 0.717) is 25.7 Å². The van der Waals surface area contributed by atoms with Gasteiger partial charge in [0, 0.05) is 25.7 Å². The van der Waals surface area contributed by atoms with Crippen LogP contribution in [0.5, 0.6) is 0 Å². The molecule has 100 heavy (non-hydrogen) atoms. The van der Waals surface area contributed by atoms with E-state index in [9.17, 15) is 43.2 Å². The third-order valence-electron chi connectivity index (χ3n) is 18.1. The average Bonchev–Trinajstić information content (AvgIpc) is 0.933. The number of hydrogen-bond acceptors (Lipinski definition) is 15. The molecular formula is C81H150O17P2. The molecule has 0 saturated heterocycles. The van der Waals surface area contributed by atoms with Gasteiger partial charge in [0.15, 0.2) is 12.2 Å². The molecule has 0 aliphatic heterocycles.